The lowest BCUT2D eigenvalue weighted by molar-refractivity contribution is -0.122. The molecule has 4 nitrogen and oxygen atoms in total. The van der Waals surface area contributed by atoms with Gasteiger partial charge >= 0.3 is 0 Å². The summed E-state index contributed by atoms with van der Waals surface area (Å²) in [5, 5.41) is 2.75. The fourth-order valence-corrected chi connectivity index (χ4v) is 1.71. The second kappa shape index (κ2) is 7.74. The van der Waals surface area contributed by atoms with E-state index < -0.39 is 5.82 Å². The van der Waals surface area contributed by atoms with Crippen LogP contribution in [0.2, 0.25) is 0 Å². The Hall–Kier alpha value is -1.62. The summed E-state index contributed by atoms with van der Waals surface area (Å²) in [5.41, 5.74) is 6.20. The summed E-state index contributed by atoms with van der Waals surface area (Å²) in [6.07, 6.45) is 0.750. The summed E-state index contributed by atoms with van der Waals surface area (Å²) in [6, 6.07) is 4.83. The summed E-state index contributed by atoms with van der Waals surface area (Å²) in [4.78, 5) is 11.4. The number of hydrogen-bond acceptors (Lipinski definition) is 3. The van der Waals surface area contributed by atoms with Crippen LogP contribution in [0.1, 0.15) is 25.8 Å². The normalized spacial score (nSPS) is 10.6. The van der Waals surface area contributed by atoms with Crippen molar-refractivity contribution in [3.05, 3.63) is 29.6 Å². The van der Waals surface area contributed by atoms with Gasteiger partial charge in [-0.05, 0) is 38.4 Å². The van der Waals surface area contributed by atoms with Crippen molar-refractivity contribution in [3.63, 3.8) is 0 Å². The van der Waals surface area contributed by atoms with E-state index in [4.69, 9.17) is 10.5 Å². The molecule has 0 bridgehead atoms. The number of rotatable bonds is 7. The Morgan fingerprint density at radius 3 is 2.84 bits per heavy atom. The van der Waals surface area contributed by atoms with E-state index in [0.29, 0.717) is 13.0 Å². The van der Waals surface area contributed by atoms with Crippen molar-refractivity contribution >= 4 is 5.91 Å². The highest BCUT2D eigenvalue weighted by Gasteiger charge is 2.10. The van der Waals surface area contributed by atoms with E-state index in [-0.39, 0.29) is 30.7 Å². The van der Waals surface area contributed by atoms with E-state index in [1.165, 1.54) is 6.07 Å². The highest BCUT2D eigenvalue weighted by molar-refractivity contribution is 5.76. The largest absolute Gasteiger partial charge is 0.490 e. The monoisotopic (exact) mass is 268 g/mol. The summed E-state index contributed by atoms with van der Waals surface area (Å²) < 4.78 is 19.0. The van der Waals surface area contributed by atoms with Gasteiger partial charge in [0, 0.05) is 6.04 Å². The summed E-state index contributed by atoms with van der Waals surface area (Å²) in [6.45, 7) is 4.34. The molecule has 0 saturated carbocycles. The highest BCUT2D eigenvalue weighted by Crippen LogP contribution is 2.23. The van der Waals surface area contributed by atoms with E-state index in [9.17, 15) is 9.18 Å². The van der Waals surface area contributed by atoms with Crippen LogP contribution >= 0.6 is 0 Å². The summed E-state index contributed by atoms with van der Waals surface area (Å²) in [7, 11) is 0. The predicted molar refractivity (Wildman–Crippen MR) is 72.5 cm³/mol. The average Bonchev–Trinajstić information content (AvgIpc) is 2.32. The average molecular weight is 268 g/mol. The molecule has 1 aromatic carbocycles. The molecule has 1 aromatic rings. The van der Waals surface area contributed by atoms with E-state index >= 15 is 0 Å². The number of hydrogen-bond donors (Lipinski definition) is 2. The molecule has 0 unspecified atom stereocenters. The molecule has 0 radical (unpaired) electrons. The van der Waals surface area contributed by atoms with E-state index in [2.05, 4.69) is 5.32 Å². The zero-order chi connectivity index (χ0) is 14.3. The van der Waals surface area contributed by atoms with Crippen molar-refractivity contribution in [1.29, 1.82) is 0 Å². The Morgan fingerprint density at radius 2 is 2.21 bits per heavy atom. The second-order valence-electron chi connectivity index (χ2n) is 4.59. The van der Waals surface area contributed by atoms with Crippen molar-refractivity contribution in [2.75, 3.05) is 13.2 Å². The number of ether oxygens (including phenoxy) is 1. The quantitative estimate of drug-likeness (QED) is 0.790. The van der Waals surface area contributed by atoms with Gasteiger partial charge in [0.05, 0.1) is 13.0 Å². The molecule has 1 amide bonds. The van der Waals surface area contributed by atoms with Crippen molar-refractivity contribution in [3.8, 4) is 5.75 Å². The van der Waals surface area contributed by atoms with Gasteiger partial charge in [0.15, 0.2) is 11.6 Å². The number of nitrogens with one attached hydrogen (secondary N) is 1. The lowest BCUT2D eigenvalue weighted by Crippen LogP contribution is -2.31. The molecular formula is C14H21FN2O2. The van der Waals surface area contributed by atoms with Gasteiger partial charge in [-0.15, -0.1) is 0 Å². The fourth-order valence-electron chi connectivity index (χ4n) is 1.71. The molecule has 3 N–H and O–H groups in total. The molecule has 106 valence electrons. The second-order valence-corrected chi connectivity index (χ2v) is 4.59. The minimum atomic E-state index is -0.421. The predicted octanol–water partition coefficient (Wildman–Crippen LogP) is 1.62. The smallest absolute Gasteiger partial charge is 0.223 e. The van der Waals surface area contributed by atoms with Gasteiger partial charge in [-0.3, -0.25) is 4.79 Å². The van der Waals surface area contributed by atoms with Crippen LogP contribution in [0.15, 0.2) is 18.2 Å². The third-order valence-electron chi connectivity index (χ3n) is 2.49. The Morgan fingerprint density at radius 1 is 1.47 bits per heavy atom. The maximum atomic E-state index is 13.6. The van der Waals surface area contributed by atoms with Crippen LogP contribution in [-0.4, -0.2) is 25.1 Å². The zero-order valence-corrected chi connectivity index (χ0v) is 11.4. The van der Waals surface area contributed by atoms with Crippen LogP contribution in [0.4, 0.5) is 4.39 Å². The third kappa shape index (κ3) is 5.26. The third-order valence-corrected chi connectivity index (χ3v) is 2.49. The molecular weight excluding hydrogens is 247 g/mol. The molecule has 0 spiro atoms. The van der Waals surface area contributed by atoms with Gasteiger partial charge in [-0.25, -0.2) is 4.39 Å². The highest BCUT2D eigenvalue weighted by atomic mass is 19.1. The minimum Gasteiger partial charge on any atom is -0.490 e. The molecule has 19 heavy (non-hydrogen) atoms. The van der Waals surface area contributed by atoms with Crippen molar-refractivity contribution < 1.29 is 13.9 Å². The first-order valence-electron chi connectivity index (χ1n) is 6.44. The zero-order valence-electron chi connectivity index (χ0n) is 11.4. The van der Waals surface area contributed by atoms with Gasteiger partial charge in [-0.2, -0.15) is 0 Å². The lowest BCUT2D eigenvalue weighted by Gasteiger charge is -2.12. The number of amides is 1. The maximum Gasteiger partial charge on any atom is 0.223 e. The van der Waals surface area contributed by atoms with Crippen LogP contribution in [0, 0.1) is 5.82 Å². The maximum absolute atomic E-state index is 13.6. The molecule has 0 saturated heterocycles. The van der Waals surface area contributed by atoms with Crippen molar-refractivity contribution in [2.45, 2.75) is 32.7 Å². The Kier molecular flexibility index (Phi) is 6.29. The van der Waals surface area contributed by atoms with E-state index in [1.807, 2.05) is 13.8 Å². The first-order chi connectivity index (χ1) is 9.04. The number of para-hydroxylation sites is 1. The molecule has 1 rings (SSSR count). The number of carbonyl (C=O) groups excluding carboxylic acids is 1. The van der Waals surface area contributed by atoms with Gasteiger partial charge in [0.2, 0.25) is 5.91 Å². The number of carbonyl (C=O) groups is 1. The first kappa shape index (κ1) is 15.4. The standard InChI is InChI=1S/C14H21FN2O2/c1-10(2)17-13(18)7-9-19-14-11(6-8-16)4-3-5-12(14)15/h3-5,10H,6-9,16H2,1-2H3,(H,17,18). The van der Waals surface area contributed by atoms with Crippen molar-refractivity contribution in [1.82, 2.24) is 5.32 Å². The van der Waals surface area contributed by atoms with Gasteiger partial charge in [-0.1, -0.05) is 12.1 Å². The molecule has 0 aliphatic carbocycles. The number of nitrogens with two attached hydrogens (primary N) is 1. The van der Waals surface area contributed by atoms with Crippen LogP contribution in [0.3, 0.4) is 0 Å². The van der Waals surface area contributed by atoms with E-state index in [1.54, 1.807) is 12.1 Å². The van der Waals surface area contributed by atoms with Gasteiger partial charge in [0.1, 0.15) is 0 Å². The Labute approximate surface area is 113 Å². The Balaban J connectivity index is 2.55. The van der Waals surface area contributed by atoms with Crippen LogP contribution in [0.5, 0.6) is 5.75 Å². The van der Waals surface area contributed by atoms with Crippen LogP contribution in [0.25, 0.3) is 0 Å². The van der Waals surface area contributed by atoms with Crippen LogP contribution < -0.4 is 15.8 Å². The minimum absolute atomic E-state index is 0.0914. The molecule has 0 fully saturated rings. The molecule has 5 heteroatoms. The molecule has 0 aliphatic heterocycles. The summed E-state index contributed by atoms with van der Waals surface area (Å²) in [5.74, 6) is -0.327. The number of halogens is 1. The van der Waals surface area contributed by atoms with Gasteiger partial charge < -0.3 is 15.8 Å². The van der Waals surface area contributed by atoms with Gasteiger partial charge in [0.25, 0.3) is 0 Å². The summed E-state index contributed by atoms with van der Waals surface area (Å²) >= 11 is 0. The molecule has 0 aliphatic rings. The first-order valence-corrected chi connectivity index (χ1v) is 6.44. The molecule has 0 aromatic heterocycles. The SMILES string of the molecule is CC(C)NC(=O)CCOc1c(F)cccc1CCN. The number of benzene rings is 1. The van der Waals surface area contributed by atoms with Crippen LogP contribution in [-0.2, 0) is 11.2 Å². The topological polar surface area (TPSA) is 64.3 Å². The van der Waals surface area contributed by atoms with Crippen molar-refractivity contribution in [2.24, 2.45) is 5.73 Å². The van der Waals surface area contributed by atoms with E-state index in [0.717, 1.165) is 5.56 Å². The molecule has 0 atom stereocenters. The lowest BCUT2D eigenvalue weighted by atomic mass is 10.1. The molecule has 0 heterocycles. The fraction of sp³-hybridized carbons (Fsp3) is 0.500. The Bertz CT molecular complexity index is 422.